The topological polar surface area (TPSA) is 23.5 Å². The van der Waals surface area contributed by atoms with E-state index < -0.39 is 0 Å². The molecule has 0 aromatic rings. The van der Waals surface area contributed by atoms with Crippen molar-refractivity contribution >= 4 is 0 Å². The van der Waals surface area contributed by atoms with Gasteiger partial charge in [-0.25, -0.2) is 0 Å². The average molecular weight is 237 g/mol. The Bertz CT molecular complexity index is 309. The Hall–Kier alpha value is -0.0800. The molecule has 4 bridgehead atoms. The molecule has 0 heterocycles. The summed E-state index contributed by atoms with van der Waals surface area (Å²) in [6.45, 7) is 6.17. The summed E-state index contributed by atoms with van der Waals surface area (Å²) in [7, 11) is 2.23. The highest BCUT2D eigenvalue weighted by atomic mass is 16.3. The number of β-amino-alcohol motifs (C(OH)–C–C–N with tert-alkyl or cyclic N) is 1. The largest absolute Gasteiger partial charge is 0.395 e. The van der Waals surface area contributed by atoms with Crippen molar-refractivity contribution in [3.05, 3.63) is 0 Å². The molecule has 4 aliphatic rings. The molecular weight excluding hydrogens is 210 g/mol. The molecule has 4 saturated carbocycles. The highest BCUT2D eigenvalue weighted by Crippen LogP contribution is 2.67. The molecule has 0 amide bonds. The first-order chi connectivity index (χ1) is 7.89. The lowest BCUT2D eigenvalue weighted by molar-refractivity contribution is -0.157. The van der Waals surface area contributed by atoms with Crippen molar-refractivity contribution in [2.24, 2.45) is 16.7 Å². The number of rotatable bonds is 3. The number of hydrogen-bond donors (Lipinski definition) is 1. The number of hydrogen-bond acceptors (Lipinski definition) is 2. The summed E-state index contributed by atoms with van der Waals surface area (Å²) in [6, 6.07) is 0. The van der Waals surface area contributed by atoms with E-state index in [4.69, 9.17) is 0 Å². The third-order valence-corrected chi connectivity index (χ3v) is 5.84. The van der Waals surface area contributed by atoms with E-state index in [1.165, 1.54) is 38.5 Å². The highest BCUT2D eigenvalue weighted by molar-refractivity contribution is 5.14. The molecule has 4 aliphatic carbocycles. The van der Waals surface area contributed by atoms with E-state index in [1.807, 2.05) is 0 Å². The minimum Gasteiger partial charge on any atom is -0.395 e. The molecule has 4 rings (SSSR count). The predicted molar refractivity (Wildman–Crippen MR) is 69.9 cm³/mol. The molecule has 2 heteroatoms. The van der Waals surface area contributed by atoms with Crippen LogP contribution in [0.4, 0.5) is 0 Å². The van der Waals surface area contributed by atoms with Crippen LogP contribution in [0.3, 0.4) is 0 Å². The van der Waals surface area contributed by atoms with Gasteiger partial charge in [-0.3, -0.25) is 4.90 Å². The summed E-state index contributed by atoms with van der Waals surface area (Å²) in [4.78, 5) is 2.48. The molecule has 0 aromatic carbocycles. The molecule has 1 N–H and O–H groups in total. The van der Waals surface area contributed by atoms with Crippen molar-refractivity contribution in [3.63, 3.8) is 0 Å². The van der Waals surface area contributed by atoms with Crippen LogP contribution in [0, 0.1) is 16.7 Å². The maximum absolute atomic E-state index is 9.23. The van der Waals surface area contributed by atoms with Crippen LogP contribution in [0.1, 0.15) is 52.4 Å². The van der Waals surface area contributed by atoms with E-state index >= 15 is 0 Å². The van der Waals surface area contributed by atoms with Gasteiger partial charge in [-0.1, -0.05) is 13.8 Å². The predicted octanol–water partition coefficient (Wildman–Crippen LogP) is 2.66. The van der Waals surface area contributed by atoms with E-state index in [-0.39, 0.29) is 0 Å². The molecule has 0 radical (unpaired) electrons. The van der Waals surface area contributed by atoms with Gasteiger partial charge in [-0.2, -0.15) is 0 Å². The van der Waals surface area contributed by atoms with Gasteiger partial charge in [0.25, 0.3) is 0 Å². The molecule has 0 saturated heterocycles. The van der Waals surface area contributed by atoms with Crippen molar-refractivity contribution < 1.29 is 5.11 Å². The molecule has 0 aromatic heterocycles. The Morgan fingerprint density at radius 1 is 1.06 bits per heavy atom. The van der Waals surface area contributed by atoms with Crippen LogP contribution in [0.2, 0.25) is 0 Å². The van der Waals surface area contributed by atoms with Crippen LogP contribution in [0.5, 0.6) is 0 Å². The first kappa shape index (κ1) is 12.0. The smallest absolute Gasteiger partial charge is 0.0558 e. The number of likely N-dealkylation sites (N-methyl/N-ethyl adjacent to an activating group) is 1. The summed E-state index contributed by atoms with van der Waals surface area (Å²) in [5, 5.41) is 9.23. The highest BCUT2D eigenvalue weighted by Gasteiger charge is 2.61. The van der Waals surface area contributed by atoms with E-state index in [0.29, 0.717) is 23.0 Å². The lowest BCUT2D eigenvalue weighted by Gasteiger charge is -2.67. The fraction of sp³-hybridized carbons (Fsp3) is 1.00. The van der Waals surface area contributed by atoms with E-state index in [9.17, 15) is 5.11 Å². The van der Waals surface area contributed by atoms with Gasteiger partial charge in [0.1, 0.15) is 0 Å². The molecule has 4 fully saturated rings. The SMILES string of the molecule is CN(CCO)C12CC3CC(C)(CC(C)(C3)C1)C2. The zero-order chi connectivity index (χ0) is 12.3. The molecule has 0 aliphatic heterocycles. The Kier molecular flexibility index (Phi) is 2.45. The molecule has 2 atom stereocenters. The van der Waals surface area contributed by atoms with Crippen LogP contribution >= 0.6 is 0 Å². The third-order valence-electron chi connectivity index (χ3n) is 5.84. The number of aliphatic hydroxyl groups is 1. The van der Waals surface area contributed by atoms with Crippen molar-refractivity contribution in [2.45, 2.75) is 57.9 Å². The Balaban J connectivity index is 1.92. The van der Waals surface area contributed by atoms with Crippen LogP contribution in [0.15, 0.2) is 0 Å². The number of nitrogens with zero attached hydrogens (tertiary/aromatic N) is 1. The summed E-state index contributed by atoms with van der Waals surface area (Å²) >= 11 is 0. The molecule has 0 spiro atoms. The van der Waals surface area contributed by atoms with Crippen LogP contribution in [-0.4, -0.2) is 35.7 Å². The van der Waals surface area contributed by atoms with Gasteiger partial charge >= 0.3 is 0 Å². The lowest BCUT2D eigenvalue weighted by Crippen LogP contribution is -2.64. The van der Waals surface area contributed by atoms with Gasteiger partial charge in [-0.15, -0.1) is 0 Å². The van der Waals surface area contributed by atoms with E-state index in [1.54, 1.807) is 0 Å². The summed E-state index contributed by atoms with van der Waals surface area (Å²) in [5.41, 5.74) is 1.57. The average Bonchev–Trinajstić information content (AvgIpc) is 2.11. The monoisotopic (exact) mass is 237 g/mol. The van der Waals surface area contributed by atoms with Crippen LogP contribution in [0.25, 0.3) is 0 Å². The summed E-state index contributed by atoms with van der Waals surface area (Å²) < 4.78 is 0. The Morgan fingerprint density at radius 3 is 2.12 bits per heavy atom. The fourth-order valence-electron chi connectivity index (χ4n) is 6.20. The van der Waals surface area contributed by atoms with Crippen LogP contribution in [-0.2, 0) is 0 Å². The van der Waals surface area contributed by atoms with Gasteiger partial charge in [0.15, 0.2) is 0 Å². The van der Waals surface area contributed by atoms with Gasteiger partial charge in [0, 0.05) is 12.1 Å². The van der Waals surface area contributed by atoms with Crippen molar-refractivity contribution in [1.29, 1.82) is 0 Å². The fourth-order valence-corrected chi connectivity index (χ4v) is 6.20. The van der Waals surface area contributed by atoms with Crippen molar-refractivity contribution in [1.82, 2.24) is 4.90 Å². The summed E-state index contributed by atoms with van der Waals surface area (Å²) in [6.07, 6.45) is 8.46. The molecular formula is C15H27NO. The Morgan fingerprint density at radius 2 is 1.65 bits per heavy atom. The minimum absolute atomic E-state index is 0.302. The quantitative estimate of drug-likeness (QED) is 0.815. The maximum atomic E-state index is 9.23. The zero-order valence-corrected chi connectivity index (χ0v) is 11.6. The number of aliphatic hydroxyl groups excluding tert-OH is 1. The van der Waals surface area contributed by atoms with Gasteiger partial charge < -0.3 is 5.11 Å². The standard InChI is InChI=1S/C15H27NO/c1-13-6-12-7-14(2,9-13)11-15(8-12,10-13)16(3)4-5-17/h12,17H,4-11H2,1-3H3. The second-order valence-corrected chi connectivity index (χ2v) is 8.00. The molecule has 2 nitrogen and oxygen atoms in total. The normalized spacial score (nSPS) is 52.4. The molecule has 2 unspecified atom stereocenters. The second-order valence-electron chi connectivity index (χ2n) is 8.00. The zero-order valence-electron chi connectivity index (χ0n) is 11.6. The van der Waals surface area contributed by atoms with Crippen LogP contribution < -0.4 is 0 Å². The van der Waals surface area contributed by atoms with Gasteiger partial charge in [0.2, 0.25) is 0 Å². The first-order valence-electron chi connectivity index (χ1n) is 7.21. The second kappa shape index (κ2) is 3.48. The van der Waals surface area contributed by atoms with E-state index in [2.05, 4.69) is 25.8 Å². The first-order valence-corrected chi connectivity index (χ1v) is 7.21. The van der Waals surface area contributed by atoms with Crippen molar-refractivity contribution in [2.75, 3.05) is 20.2 Å². The third kappa shape index (κ3) is 1.76. The van der Waals surface area contributed by atoms with E-state index in [0.717, 1.165) is 12.5 Å². The molecule has 98 valence electrons. The van der Waals surface area contributed by atoms with Crippen molar-refractivity contribution in [3.8, 4) is 0 Å². The van der Waals surface area contributed by atoms with Gasteiger partial charge in [-0.05, 0) is 62.3 Å². The maximum Gasteiger partial charge on any atom is 0.0558 e. The van der Waals surface area contributed by atoms with Gasteiger partial charge in [0.05, 0.1) is 6.61 Å². The molecule has 17 heavy (non-hydrogen) atoms. The Labute approximate surface area is 105 Å². The lowest BCUT2D eigenvalue weighted by atomic mass is 9.42. The minimum atomic E-state index is 0.302. The summed E-state index contributed by atoms with van der Waals surface area (Å²) in [5.74, 6) is 0.947.